The Morgan fingerprint density at radius 2 is 2.17 bits per heavy atom. The lowest BCUT2D eigenvalue weighted by Gasteiger charge is -2.11. The van der Waals surface area contributed by atoms with Crippen molar-refractivity contribution in [3.8, 4) is 11.3 Å². The van der Waals surface area contributed by atoms with Crippen LogP contribution in [-0.4, -0.2) is 41.3 Å². The third-order valence-corrected chi connectivity index (χ3v) is 4.75. The molecule has 24 heavy (non-hydrogen) atoms. The molecule has 0 bridgehead atoms. The van der Waals surface area contributed by atoms with Gasteiger partial charge >= 0.3 is 6.03 Å². The Morgan fingerprint density at radius 1 is 1.38 bits per heavy atom. The van der Waals surface area contributed by atoms with Gasteiger partial charge in [-0.2, -0.15) is 4.37 Å². The molecular weight excluding hydrogens is 324 g/mol. The maximum Gasteiger partial charge on any atom is 0.319 e. The van der Waals surface area contributed by atoms with Gasteiger partial charge in [0.05, 0.1) is 5.69 Å². The van der Waals surface area contributed by atoms with Crippen LogP contribution in [0.5, 0.6) is 0 Å². The van der Waals surface area contributed by atoms with E-state index in [1.807, 2.05) is 42.8 Å². The maximum atomic E-state index is 12.1. The van der Waals surface area contributed by atoms with Gasteiger partial charge < -0.3 is 15.5 Å². The van der Waals surface area contributed by atoms with Gasteiger partial charge in [-0.05, 0) is 23.9 Å². The zero-order chi connectivity index (χ0) is 16.9. The molecule has 1 aromatic heterocycles. The number of hydrogen-bond donors (Lipinski definition) is 2. The standard InChI is InChI=1S/C17H20N4O2S/c1-21-10-12(9-15(21)22)7-8-18-17(23)19-14-11-24-20-16(14)13-5-3-2-4-6-13/h2-6,11-12H,7-10H2,1H3,(H2,18,19,23). The van der Waals surface area contributed by atoms with Gasteiger partial charge in [-0.3, -0.25) is 4.79 Å². The summed E-state index contributed by atoms with van der Waals surface area (Å²) in [6.07, 6.45) is 1.38. The smallest absolute Gasteiger partial charge is 0.319 e. The van der Waals surface area contributed by atoms with Crippen molar-refractivity contribution in [1.29, 1.82) is 0 Å². The topological polar surface area (TPSA) is 74.3 Å². The minimum absolute atomic E-state index is 0.182. The summed E-state index contributed by atoms with van der Waals surface area (Å²) in [6.45, 7) is 1.32. The molecule has 1 aliphatic heterocycles. The van der Waals surface area contributed by atoms with Gasteiger partial charge in [0, 0.05) is 37.5 Å². The van der Waals surface area contributed by atoms with Crippen molar-refractivity contribution < 1.29 is 9.59 Å². The van der Waals surface area contributed by atoms with E-state index in [2.05, 4.69) is 15.0 Å². The molecule has 1 saturated heterocycles. The molecule has 7 heteroatoms. The number of rotatable bonds is 5. The van der Waals surface area contributed by atoms with Crippen LogP contribution < -0.4 is 10.6 Å². The number of anilines is 1. The van der Waals surface area contributed by atoms with Crippen LogP contribution >= 0.6 is 11.5 Å². The van der Waals surface area contributed by atoms with Gasteiger partial charge in [-0.1, -0.05) is 30.3 Å². The zero-order valence-electron chi connectivity index (χ0n) is 13.5. The summed E-state index contributed by atoms with van der Waals surface area (Å²) in [4.78, 5) is 25.3. The van der Waals surface area contributed by atoms with E-state index in [9.17, 15) is 9.59 Å². The lowest BCUT2D eigenvalue weighted by molar-refractivity contribution is -0.126. The molecule has 3 amide bonds. The Kier molecular flexibility index (Phi) is 5.10. The first-order chi connectivity index (χ1) is 11.6. The fourth-order valence-electron chi connectivity index (χ4n) is 2.84. The molecule has 2 aromatic rings. The maximum absolute atomic E-state index is 12.1. The van der Waals surface area contributed by atoms with Crippen LogP contribution in [0.3, 0.4) is 0 Å². The molecule has 1 fully saturated rings. The third-order valence-electron chi connectivity index (χ3n) is 4.12. The van der Waals surface area contributed by atoms with Crippen LogP contribution in [0.15, 0.2) is 35.7 Å². The highest BCUT2D eigenvalue weighted by molar-refractivity contribution is 7.04. The van der Waals surface area contributed by atoms with Crippen LogP contribution in [0.1, 0.15) is 12.8 Å². The van der Waals surface area contributed by atoms with E-state index in [1.165, 1.54) is 11.5 Å². The van der Waals surface area contributed by atoms with Gasteiger partial charge in [0.1, 0.15) is 5.69 Å². The van der Waals surface area contributed by atoms with E-state index in [1.54, 1.807) is 4.90 Å². The summed E-state index contributed by atoms with van der Waals surface area (Å²) in [7, 11) is 1.82. The number of carbonyl (C=O) groups is 2. The van der Waals surface area contributed by atoms with Crippen LogP contribution in [0, 0.1) is 5.92 Å². The summed E-state index contributed by atoms with van der Waals surface area (Å²) in [6, 6.07) is 9.51. The number of aromatic nitrogens is 1. The Hall–Kier alpha value is -2.41. The first kappa shape index (κ1) is 16.4. The van der Waals surface area contributed by atoms with Crippen molar-refractivity contribution in [1.82, 2.24) is 14.6 Å². The molecule has 0 radical (unpaired) electrons. The molecule has 1 aromatic carbocycles. The Labute approximate surface area is 145 Å². The quantitative estimate of drug-likeness (QED) is 0.876. The van der Waals surface area contributed by atoms with Crippen molar-refractivity contribution >= 4 is 29.2 Å². The third kappa shape index (κ3) is 3.91. The van der Waals surface area contributed by atoms with Crippen LogP contribution in [0.2, 0.25) is 0 Å². The monoisotopic (exact) mass is 344 g/mol. The predicted molar refractivity (Wildman–Crippen MR) is 94.9 cm³/mol. The highest BCUT2D eigenvalue weighted by Gasteiger charge is 2.26. The lowest BCUT2D eigenvalue weighted by atomic mass is 10.1. The van der Waals surface area contributed by atoms with Gasteiger partial charge in [-0.15, -0.1) is 0 Å². The van der Waals surface area contributed by atoms with Crippen molar-refractivity contribution in [3.05, 3.63) is 35.7 Å². The van der Waals surface area contributed by atoms with E-state index >= 15 is 0 Å². The van der Waals surface area contributed by atoms with E-state index in [4.69, 9.17) is 0 Å². The van der Waals surface area contributed by atoms with Gasteiger partial charge in [0.15, 0.2) is 0 Å². The normalized spacial score (nSPS) is 17.1. The van der Waals surface area contributed by atoms with E-state index < -0.39 is 0 Å². The molecule has 1 aliphatic rings. The fourth-order valence-corrected chi connectivity index (χ4v) is 3.47. The number of urea groups is 1. The molecular formula is C17H20N4O2S. The second-order valence-electron chi connectivity index (χ2n) is 5.96. The van der Waals surface area contributed by atoms with Gasteiger partial charge in [0.25, 0.3) is 0 Å². The molecule has 0 aliphatic carbocycles. The second-order valence-corrected chi connectivity index (χ2v) is 6.59. The molecule has 126 valence electrons. The second kappa shape index (κ2) is 7.44. The number of hydrogen-bond acceptors (Lipinski definition) is 4. The van der Waals surface area contributed by atoms with Crippen LogP contribution in [0.4, 0.5) is 10.5 Å². The highest BCUT2D eigenvalue weighted by Crippen LogP contribution is 2.28. The minimum atomic E-state index is -0.245. The number of nitrogens with one attached hydrogen (secondary N) is 2. The molecule has 3 rings (SSSR count). The van der Waals surface area contributed by atoms with E-state index in [0.29, 0.717) is 24.6 Å². The molecule has 2 N–H and O–H groups in total. The average molecular weight is 344 g/mol. The SMILES string of the molecule is CN1CC(CCNC(=O)Nc2csnc2-c2ccccc2)CC1=O. The van der Waals surface area contributed by atoms with Crippen molar-refractivity contribution in [3.63, 3.8) is 0 Å². The summed E-state index contributed by atoms with van der Waals surface area (Å²) < 4.78 is 4.36. The first-order valence-electron chi connectivity index (χ1n) is 7.92. The van der Waals surface area contributed by atoms with E-state index in [0.717, 1.165) is 24.2 Å². The molecule has 2 heterocycles. The number of benzene rings is 1. The molecule has 0 saturated carbocycles. The summed E-state index contributed by atoms with van der Waals surface area (Å²) in [5.41, 5.74) is 2.46. The van der Waals surface area contributed by atoms with Gasteiger partial charge in [0.2, 0.25) is 5.91 Å². The Morgan fingerprint density at radius 3 is 2.88 bits per heavy atom. The van der Waals surface area contributed by atoms with Gasteiger partial charge in [-0.25, -0.2) is 4.79 Å². The largest absolute Gasteiger partial charge is 0.345 e. The molecule has 6 nitrogen and oxygen atoms in total. The van der Waals surface area contributed by atoms with Crippen LogP contribution in [-0.2, 0) is 4.79 Å². The van der Waals surface area contributed by atoms with Crippen molar-refractivity contribution in [2.75, 3.05) is 25.5 Å². The van der Waals surface area contributed by atoms with Crippen LogP contribution in [0.25, 0.3) is 11.3 Å². The predicted octanol–water partition coefficient (Wildman–Crippen LogP) is 2.80. The molecule has 1 atom stereocenters. The van der Waals surface area contributed by atoms with Crippen molar-refractivity contribution in [2.45, 2.75) is 12.8 Å². The number of carbonyl (C=O) groups excluding carboxylic acids is 2. The molecule has 1 unspecified atom stereocenters. The van der Waals surface area contributed by atoms with Crippen molar-refractivity contribution in [2.24, 2.45) is 5.92 Å². The minimum Gasteiger partial charge on any atom is -0.345 e. The lowest BCUT2D eigenvalue weighted by Crippen LogP contribution is -2.30. The molecule has 0 spiro atoms. The fraction of sp³-hybridized carbons (Fsp3) is 0.353. The summed E-state index contributed by atoms with van der Waals surface area (Å²) in [5.74, 6) is 0.506. The van der Waals surface area contributed by atoms with E-state index in [-0.39, 0.29) is 11.9 Å². The zero-order valence-corrected chi connectivity index (χ0v) is 14.3. The average Bonchev–Trinajstić information content (AvgIpc) is 3.15. The summed E-state index contributed by atoms with van der Waals surface area (Å²) >= 11 is 1.31. The number of nitrogens with zero attached hydrogens (tertiary/aromatic N) is 2. The Balaban J connectivity index is 1.49. The Bertz CT molecular complexity index is 716. The summed E-state index contributed by atoms with van der Waals surface area (Å²) in [5, 5.41) is 7.53. The highest BCUT2D eigenvalue weighted by atomic mass is 32.1. The first-order valence-corrected chi connectivity index (χ1v) is 8.75. The number of amides is 3. The number of likely N-dealkylation sites (tertiary alicyclic amines) is 1.